The molecule has 6 heteroatoms. The topological polar surface area (TPSA) is 105 Å². The molecule has 1 aromatic rings. The van der Waals surface area contributed by atoms with Crippen molar-refractivity contribution in [3.8, 4) is 0 Å². The summed E-state index contributed by atoms with van der Waals surface area (Å²) in [6.07, 6.45) is 1.36. The summed E-state index contributed by atoms with van der Waals surface area (Å²) in [6.45, 7) is 0. The molecule has 1 aromatic heterocycles. The van der Waals surface area contributed by atoms with E-state index in [1.54, 1.807) is 0 Å². The van der Waals surface area contributed by atoms with E-state index in [-0.39, 0.29) is 17.0 Å². The molecular formula is C5H8BN3O2. The standard InChI is InChI=1S/C5H8BN3O2/c7-4-3(6(10)11)1-2-9-5(4)8/h1-2,10-11H,7H2,(H2,8,9). The van der Waals surface area contributed by atoms with Crippen LogP contribution in [0.25, 0.3) is 0 Å². The number of aromatic nitrogens is 1. The maximum Gasteiger partial charge on any atom is 0.490 e. The third-order valence-electron chi connectivity index (χ3n) is 1.33. The van der Waals surface area contributed by atoms with Crippen LogP contribution in [0, 0.1) is 0 Å². The van der Waals surface area contributed by atoms with Gasteiger partial charge in [-0.3, -0.25) is 0 Å². The summed E-state index contributed by atoms with van der Waals surface area (Å²) in [7, 11) is -1.60. The normalized spacial score (nSPS) is 9.64. The Balaban J connectivity index is 3.17. The fourth-order valence-corrected chi connectivity index (χ4v) is 0.730. The number of hydrogen-bond donors (Lipinski definition) is 4. The zero-order chi connectivity index (χ0) is 8.43. The molecule has 0 saturated carbocycles. The van der Waals surface area contributed by atoms with E-state index in [2.05, 4.69) is 4.98 Å². The van der Waals surface area contributed by atoms with Crippen LogP contribution in [0.2, 0.25) is 0 Å². The van der Waals surface area contributed by atoms with Gasteiger partial charge in [0.15, 0.2) is 0 Å². The number of pyridine rings is 1. The highest BCUT2D eigenvalue weighted by Gasteiger charge is 2.15. The highest BCUT2D eigenvalue weighted by molar-refractivity contribution is 6.60. The summed E-state index contributed by atoms with van der Waals surface area (Å²) >= 11 is 0. The number of anilines is 2. The molecule has 0 amide bonds. The first-order valence-corrected chi connectivity index (χ1v) is 2.99. The second kappa shape index (κ2) is 2.77. The molecule has 1 heterocycles. The number of hydrogen-bond acceptors (Lipinski definition) is 5. The molecule has 5 nitrogen and oxygen atoms in total. The molecular weight excluding hydrogens is 145 g/mol. The lowest BCUT2D eigenvalue weighted by Gasteiger charge is -2.04. The minimum atomic E-state index is -1.60. The lowest BCUT2D eigenvalue weighted by molar-refractivity contribution is 0.426. The van der Waals surface area contributed by atoms with Crippen molar-refractivity contribution >= 4 is 24.1 Å². The highest BCUT2D eigenvalue weighted by Crippen LogP contribution is 2.05. The Morgan fingerprint density at radius 2 is 2.00 bits per heavy atom. The Labute approximate surface area is 63.8 Å². The van der Waals surface area contributed by atoms with Crippen LogP contribution in [-0.2, 0) is 0 Å². The van der Waals surface area contributed by atoms with E-state index in [9.17, 15) is 0 Å². The van der Waals surface area contributed by atoms with E-state index in [1.807, 2.05) is 0 Å². The monoisotopic (exact) mass is 153 g/mol. The molecule has 0 spiro atoms. The van der Waals surface area contributed by atoms with E-state index < -0.39 is 7.12 Å². The second-order valence-corrected chi connectivity index (χ2v) is 2.07. The summed E-state index contributed by atoms with van der Waals surface area (Å²) in [5.74, 6) is 0.107. The summed E-state index contributed by atoms with van der Waals surface area (Å²) in [6, 6.07) is 1.40. The van der Waals surface area contributed by atoms with Crippen molar-refractivity contribution < 1.29 is 10.0 Å². The smallest absolute Gasteiger partial charge is 0.423 e. The zero-order valence-electron chi connectivity index (χ0n) is 5.73. The van der Waals surface area contributed by atoms with Crippen molar-refractivity contribution in [3.63, 3.8) is 0 Å². The number of rotatable bonds is 1. The van der Waals surface area contributed by atoms with Gasteiger partial charge in [0.2, 0.25) is 0 Å². The minimum absolute atomic E-state index is 0.107. The van der Waals surface area contributed by atoms with Gasteiger partial charge in [-0.25, -0.2) is 4.98 Å². The van der Waals surface area contributed by atoms with Crippen LogP contribution in [0.4, 0.5) is 11.5 Å². The average Bonchev–Trinajstić information content (AvgIpc) is 1.94. The molecule has 6 N–H and O–H groups in total. The predicted octanol–water partition coefficient (Wildman–Crippen LogP) is -2.07. The fourth-order valence-electron chi connectivity index (χ4n) is 0.730. The molecule has 0 fully saturated rings. The lowest BCUT2D eigenvalue weighted by Crippen LogP contribution is -2.33. The molecule has 0 saturated heterocycles. The largest absolute Gasteiger partial charge is 0.490 e. The molecule has 0 atom stereocenters. The predicted molar refractivity (Wildman–Crippen MR) is 42.9 cm³/mol. The second-order valence-electron chi connectivity index (χ2n) is 2.07. The highest BCUT2D eigenvalue weighted by atomic mass is 16.4. The minimum Gasteiger partial charge on any atom is -0.423 e. The van der Waals surface area contributed by atoms with Gasteiger partial charge in [0.1, 0.15) is 5.82 Å². The Morgan fingerprint density at radius 1 is 1.36 bits per heavy atom. The first-order valence-electron chi connectivity index (χ1n) is 2.99. The van der Waals surface area contributed by atoms with Gasteiger partial charge in [0, 0.05) is 11.7 Å². The van der Waals surface area contributed by atoms with Crippen molar-refractivity contribution in [1.29, 1.82) is 0 Å². The molecule has 0 radical (unpaired) electrons. The fraction of sp³-hybridized carbons (Fsp3) is 0. The first-order chi connectivity index (χ1) is 5.13. The third-order valence-corrected chi connectivity index (χ3v) is 1.33. The van der Waals surface area contributed by atoms with Crippen LogP contribution in [0.1, 0.15) is 0 Å². The maximum absolute atomic E-state index is 8.72. The molecule has 11 heavy (non-hydrogen) atoms. The van der Waals surface area contributed by atoms with Crippen LogP contribution < -0.4 is 16.9 Å². The van der Waals surface area contributed by atoms with Crippen molar-refractivity contribution in [2.45, 2.75) is 0 Å². The molecule has 0 unspecified atom stereocenters. The van der Waals surface area contributed by atoms with E-state index in [4.69, 9.17) is 21.5 Å². The molecule has 0 aliphatic heterocycles. The van der Waals surface area contributed by atoms with E-state index in [0.717, 1.165) is 0 Å². The van der Waals surface area contributed by atoms with Crippen LogP contribution >= 0.6 is 0 Å². The molecule has 0 aliphatic carbocycles. The number of nitrogen functional groups attached to an aromatic ring is 2. The summed E-state index contributed by atoms with van der Waals surface area (Å²) in [4.78, 5) is 3.65. The van der Waals surface area contributed by atoms with Crippen molar-refractivity contribution in [2.24, 2.45) is 0 Å². The van der Waals surface area contributed by atoms with Gasteiger partial charge < -0.3 is 21.5 Å². The van der Waals surface area contributed by atoms with Gasteiger partial charge in [0.25, 0.3) is 0 Å². The molecule has 58 valence electrons. The van der Waals surface area contributed by atoms with Crippen molar-refractivity contribution in [1.82, 2.24) is 4.98 Å². The lowest BCUT2D eigenvalue weighted by atomic mass is 9.80. The number of nitrogens with zero attached hydrogens (tertiary/aromatic N) is 1. The van der Waals surface area contributed by atoms with E-state index >= 15 is 0 Å². The van der Waals surface area contributed by atoms with Gasteiger partial charge in [-0.05, 0) is 6.07 Å². The quantitative estimate of drug-likeness (QED) is 0.346. The third kappa shape index (κ3) is 1.41. The van der Waals surface area contributed by atoms with E-state index in [1.165, 1.54) is 12.3 Å². The SMILES string of the molecule is Nc1nccc(B(O)O)c1N. The molecule has 1 rings (SSSR count). The van der Waals surface area contributed by atoms with Crippen LogP contribution in [0.3, 0.4) is 0 Å². The van der Waals surface area contributed by atoms with Gasteiger partial charge in [-0.1, -0.05) is 0 Å². The summed E-state index contributed by atoms with van der Waals surface area (Å²) < 4.78 is 0. The van der Waals surface area contributed by atoms with Gasteiger partial charge in [-0.15, -0.1) is 0 Å². The Kier molecular flexibility index (Phi) is 1.97. The van der Waals surface area contributed by atoms with Crippen molar-refractivity contribution in [3.05, 3.63) is 12.3 Å². The van der Waals surface area contributed by atoms with Gasteiger partial charge >= 0.3 is 7.12 Å². The van der Waals surface area contributed by atoms with Crippen molar-refractivity contribution in [2.75, 3.05) is 11.5 Å². The Hall–Kier alpha value is -1.27. The zero-order valence-corrected chi connectivity index (χ0v) is 5.73. The Bertz CT molecular complexity index is 266. The van der Waals surface area contributed by atoms with Crippen LogP contribution in [-0.4, -0.2) is 22.2 Å². The molecule has 0 bridgehead atoms. The average molecular weight is 153 g/mol. The molecule has 0 aromatic carbocycles. The first kappa shape index (κ1) is 7.84. The van der Waals surface area contributed by atoms with Gasteiger partial charge in [-0.2, -0.15) is 0 Å². The van der Waals surface area contributed by atoms with E-state index in [0.29, 0.717) is 0 Å². The number of nitrogens with two attached hydrogens (primary N) is 2. The summed E-state index contributed by atoms with van der Waals surface area (Å²) in [5.41, 5.74) is 11.0. The van der Waals surface area contributed by atoms with Crippen LogP contribution in [0.15, 0.2) is 12.3 Å². The Morgan fingerprint density at radius 3 is 2.45 bits per heavy atom. The van der Waals surface area contributed by atoms with Crippen LogP contribution in [0.5, 0.6) is 0 Å². The van der Waals surface area contributed by atoms with Gasteiger partial charge in [0.05, 0.1) is 5.69 Å². The maximum atomic E-state index is 8.72. The molecule has 0 aliphatic rings. The summed E-state index contributed by atoms with van der Waals surface area (Å²) in [5, 5.41) is 17.4.